The lowest BCUT2D eigenvalue weighted by molar-refractivity contribution is 0.361. The molecule has 0 N–H and O–H groups in total. The van der Waals surface area contributed by atoms with Crippen molar-refractivity contribution in [2.24, 2.45) is 0 Å². The maximum atomic E-state index is 2.59. The average molecular weight is 289 g/mol. The van der Waals surface area contributed by atoms with Crippen LogP contribution >= 0.6 is 11.9 Å². The van der Waals surface area contributed by atoms with Crippen molar-refractivity contribution in [3.05, 3.63) is 42.0 Å². The van der Waals surface area contributed by atoms with E-state index in [0.717, 1.165) is 12.6 Å². The zero-order valence-electron chi connectivity index (χ0n) is 12.6. The topological polar surface area (TPSA) is 3.24 Å². The fourth-order valence-corrected chi connectivity index (χ4v) is 3.93. The fourth-order valence-electron chi connectivity index (χ4n) is 2.71. The van der Waals surface area contributed by atoms with Crippen LogP contribution in [0.4, 0.5) is 0 Å². The predicted octanol–water partition coefficient (Wildman–Crippen LogP) is 5.39. The standard InChI is InChI=1S/C18H27NS/c1-2-3-4-8-13-18-14-16-20-19(18)15-9-12-17-10-6-5-7-11-17/h5-7,9-12,18H,2-4,8,13-16H2,1H3. The summed E-state index contributed by atoms with van der Waals surface area (Å²) in [7, 11) is 0. The first-order valence-corrected chi connectivity index (χ1v) is 8.95. The minimum atomic E-state index is 0.803. The zero-order valence-corrected chi connectivity index (χ0v) is 13.4. The SMILES string of the molecule is CCCCCCC1CCSN1CC=Cc1ccccc1. The zero-order chi connectivity index (χ0) is 14.0. The van der Waals surface area contributed by atoms with Gasteiger partial charge in [0.2, 0.25) is 0 Å². The van der Waals surface area contributed by atoms with E-state index in [0.29, 0.717) is 0 Å². The molecule has 1 nitrogen and oxygen atoms in total. The van der Waals surface area contributed by atoms with E-state index in [1.807, 2.05) is 11.9 Å². The molecule has 1 aliphatic heterocycles. The van der Waals surface area contributed by atoms with Crippen LogP contribution in [0.1, 0.15) is 51.0 Å². The molecule has 1 aromatic carbocycles. The smallest absolute Gasteiger partial charge is 0.0276 e. The van der Waals surface area contributed by atoms with E-state index in [9.17, 15) is 0 Å². The lowest BCUT2D eigenvalue weighted by Gasteiger charge is -2.21. The third-order valence-corrected chi connectivity index (χ3v) is 5.10. The monoisotopic (exact) mass is 289 g/mol. The Labute approximate surface area is 128 Å². The summed E-state index contributed by atoms with van der Waals surface area (Å²) >= 11 is 2.03. The second-order valence-corrected chi connectivity index (χ2v) is 6.67. The molecule has 0 spiro atoms. The van der Waals surface area contributed by atoms with Crippen molar-refractivity contribution >= 4 is 18.0 Å². The van der Waals surface area contributed by atoms with Gasteiger partial charge < -0.3 is 0 Å². The maximum absolute atomic E-state index is 2.59. The maximum Gasteiger partial charge on any atom is 0.0276 e. The molecule has 1 heterocycles. The summed E-state index contributed by atoms with van der Waals surface area (Å²) in [5.74, 6) is 1.30. The summed E-state index contributed by atoms with van der Waals surface area (Å²) in [5, 5.41) is 0. The molecular weight excluding hydrogens is 262 g/mol. The molecule has 1 saturated heterocycles. The highest BCUT2D eigenvalue weighted by molar-refractivity contribution is 7.97. The molecule has 1 unspecified atom stereocenters. The Hall–Kier alpha value is -0.730. The van der Waals surface area contributed by atoms with Gasteiger partial charge in [0.15, 0.2) is 0 Å². The first kappa shape index (κ1) is 15.7. The van der Waals surface area contributed by atoms with E-state index in [1.165, 1.54) is 49.8 Å². The predicted molar refractivity (Wildman–Crippen MR) is 91.8 cm³/mol. The second-order valence-electron chi connectivity index (χ2n) is 5.54. The van der Waals surface area contributed by atoms with Crippen molar-refractivity contribution in [1.29, 1.82) is 0 Å². The van der Waals surface area contributed by atoms with Gasteiger partial charge in [-0.3, -0.25) is 0 Å². The Morgan fingerprint density at radius 1 is 1.20 bits per heavy atom. The molecule has 0 amide bonds. The van der Waals surface area contributed by atoms with Gasteiger partial charge in [0.25, 0.3) is 0 Å². The largest absolute Gasteiger partial charge is 0.244 e. The molecule has 1 fully saturated rings. The van der Waals surface area contributed by atoms with Crippen molar-refractivity contribution in [3.63, 3.8) is 0 Å². The Kier molecular flexibility index (Phi) is 7.24. The molecule has 0 bridgehead atoms. The van der Waals surface area contributed by atoms with Gasteiger partial charge in [-0.2, -0.15) is 0 Å². The minimum absolute atomic E-state index is 0.803. The molecule has 1 aromatic rings. The molecule has 20 heavy (non-hydrogen) atoms. The second kappa shape index (κ2) is 9.25. The first-order valence-electron chi connectivity index (χ1n) is 8.01. The van der Waals surface area contributed by atoms with E-state index in [-0.39, 0.29) is 0 Å². The van der Waals surface area contributed by atoms with Crippen molar-refractivity contribution in [2.75, 3.05) is 12.3 Å². The Balaban J connectivity index is 1.72. The number of hydrogen-bond donors (Lipinski definition) is 0. The van der Waals surface area contributed by atoms with E-state index in [2.05, 4.69) is 53.7 Å². The fraction of sp³-hybridized carbons (Fsp3) is 0.556. The van der Waals surface area contributed by atoms with Gasteiger partial charge in [0.1, 0.15) is 0 Å². The number of rotatable bonds is 8. The molecule has 0 aromatic heterocycles. The summed E-state index contributed by atoms with van der Waals surface area (Å²) in [6.07, 6.45) is 12.8. The molecule has 2 rings (SSSR count). The number of nitrogens with zero attached hydrogens (tertiary/aromatic N) is 1. The van der Waals surface area contributed by atoms with Crippen LogP contribution in [0.2, 0.25) is 0 Å². The van der Waals surface area contributed by atoms with Crippen LogP contribution in [-0.2, 0) is 0 Å². The summed E-state index contributed by atoms with van der Waals surface area (Å²) in [4.78, 5) is 0. The van der Waals surface area contributed by atoms with Crippen LogP contribution in [0.3, 0.4) is 0 Å². The normalized spacial score (nSPS) is 19.9. The van der Waals surface area contributed by atoms with Gasteiger partial charge in [0, 0.05) is 18.3 Å². The molecule has 1 aliphatic rings. The van der Waals surface area contributed by atoms with Gasteiger partial charge in [-0.25, -0.2) is 4.31 Å². The Morgan fingerprint density at radius 2 is 2.05 bits per heavy atom. The summed E-state index contributed by atoms with van der Waals surface area (Å²) in [5.41, 5.74) is 1.30. The number of benzene rings is 1. The summed E-state index contributed by atoms with van der Waals surface area (Å²) in [6, 6.07) is 11.4. The molecule has 110 valence electrons. The highest BCUT2D eigenvalue weighted by atomic mass is 32.2. The van der Waals surface area contributed by atoms with Gasteiger partial charge in [-0.15, -0.1) is 0 Å². The highest BCUT2D eigenvalue weighted by Gasteiger charge is 2.23. The molecule has 0 aliphatic carbocycles. The lowest BCUT2D eigenvalue weighted by Crippen LogP contribution is -2.24. The van der Waals surface area contributed by atoms with Crippen LogP contribution < -0.4 is 0 Å². The van der Waals surface area contributed by atoms with Crippen molar-refractivity contribution in [2.45, 2.75) is 51.5 Å². The first-order chi connectivity index (χ1) is 9.90. The summed E-state index contributed by atoms with van der Waals surface area (Å²) in [6.45, 7) is 3.37. The van der Waals surface area contributed by atoms with E-state index in [4.69, 9.17) is 0 Å². The van der Waals surface area contributed by atoms with E-state index in [1.54, 1.807) is 0 Å². The molecular formula is C18H27NS. The van der Waals surface area contributed by atoms with Crippen LogP contribution in [0, 0.1) is 0 Å². The quantitative estimate of drug-likeness (QED) is 0.466. The van der Waals surface area contributed by atoms with Gasteiger partial charge in [-0.05, 0) is 18.4 Å². The lowest BCUT2D eigenvalue weighted by atomic mass is 10.1. The van der Waals surface area contributed by atoms with Crippen LogP contribution in [0.5, 0.6) is 0 Å². The van der Waals surface area contributed by atoms with Gasteiger partial charge >= 0.3 is 0 Å². The third-order valence-electron chi connectivity index (χ3n) is 3.90. The molecule has 1 atom stereocenters. The van der Waals surface area contributed by atoms with E-state index >= 15 is 0 Å². The van der Waals surface area contributed by atoms with Crippen molar-refractivity contribution in [3.8, 4) is 0 Å². The van der Waals surface area contributed by atoms with Crippen LogP contribution in [0.15, 0.2) is 36.4 Å². The molecule has 0 saturated carbocycles. The van der Waals surface area contributed by atoms with Crippen LogP contribution in [0.25, 0.3) is 6.08 Å². The van der Waals surface area contributed by atoms with Gasteiger partial charge in [-0.1, -0.05) is 87.0 Å². The summed E-state index contributed by atoms with van der Waals surface area (Å²) < 4.78 is 2.59. The van der Waals surface area contributed by atoms with Crippen molar-refractivity contribution < 1.29 is 0 Å². The minimum Gasteiger partial charge on any atom is -0.244 e. The van der Waals surface area contributed by atoms with Crippen molar-refractivity contribution in [1.82, 2.24) is 4.31 Å². The van der Waals surface area contributed by atoms with Gasteiger partial charge in [0.05, 0.1) is 0 Å². The third kappa shape index (κ3) is 5.34. The average Bonchev–Trinajstić information content (AvgIpc) is 2.92. The Bertz CT molecular complexity index is 388. The number of hydrogen-bond acceptors (Lipinski definition) is 2. The molecule has 2 heteroatoms. The van der Waals surface area contributed by atoms with Crippen LogP contribution in [-0.4, -0.2) is 22.6 Å². The Morgan fingerprint density at radius 3 is 2.85 bits per heavy atom. The highest BCUT2D eigenvalue weighted by Crippen LogP contribution is 2.30. The number of unbranched alkanes of at least 4 members (excludes halogenated alkanes) is 3. The van der Waals surface area contributed by atoms with E-state index < -0.39 is 0 Å². The molecule has 0 radical (unpaired) electrons.